The molecule has 0 radical (unpaired) electrons. The van der Waals surface area contributed by atoms with Gasteiger partial charge in [-0.25, -0.2) is 0 Å². The molecule has 4 aromatic rings. The number of hydrogen-bond donors (Lipinski definition) is 0. The van der Waals surface area contributed by atoms with Crippen LogP contribution in [0.5, 0.6) is 0 Å². The third-order valence-electron chi connectivity index (χ3n) is 0.825. The number of rotatable bonds is 0. The summed E-state index contributed by atoms with van der Waals surface area (Å²) in [6.07, 6.45) is 0. The van der Waals surface area contributed by atoms with Gasteiger partial charge in [-0.05, 0) is 0 Å². The third-order valence-corrected chi connectivity index (χ3v) is 66.9. The van der Waals surface area contributed by atoms with Gasteiger partial charge in [-0.2, -0.15) is 0 Å². The van der Waals surface area contributed by atoms with Crippen LogP contribution in [0.3, 0.4) is 0 Å². The van der Waals surface area contributed by atoms with E-state index in [9.17, 15) is 0 Å². The molecule has 4 heterocycles. The van der Waals surface area contributed by atoms with Crippen LogP contribution in [0.4, 0.5) is 0 Å². The van der Waals surface area contributed by atoms with Gasteiger partial charge >= 0.3 is 0 Å². The highest BCUT2D eigenvalue weighted by atomic mass is 33.6. The summed E-state index contributed by atoms with van der Waals surface area (Å²) < 4.78 is 0. The van der Waals surface area contributed by atoms with Crippen molar-refractivity contribution in [2.75, 3.05) is 0 Å². The van der Waals surface area contributed by atoms with E-state index < -0.39 is 0 Å². The second kappa shape index (κ2) is 1.81. The highest BCUT2D eigenvalue weighted by Crippen LogP contribution is 2.87. The van der Waals surface area contributed by atoms with Gasteiger partial charge < -0.3 is 0 Å². The molecular weight excluding hydrogens is 252 g/mol. The fourth-order valence-corrected chi connectivity index (χ4v) is 131. The van der Waals surface area contributed by atoms with Crippen LogP contribution in [0.2, 0.25) is 0 Å². The van der Waals surface area contributed by atoms with Gasteiger partial charge in [0.15, 0.2) is 0 Å². The molecule has 4 aromatic heterocycles. The van der Waals surface area contributed by atoms with Crippen molar-refractivity contribution in [2.24, 2.45) is 0 Å². The van der Waals surface area contributed by atoms with E-state index in [1.54, 1.807) is 0 Å². The largest absolute Gasteiger partial charge is 0.0665 e. The Labute approximate surface area is 63.3 Å². The summed E-state index contributed by atoms with van der Waals surface area (Å²) in [5.41, 5.74) is 0. The molecule has 44 valence electrons. The van der Waals surface area contributed by atoms with Gasteiger partial charge in [-0.1, -0.05) is 42.2 Å². The van der Waals surface area contributed by atoms with E-state index in [-0.39, 0.29) is 0 Å². The van der Waals surface area contributed by atoms with Crippen LogP contribution >= 0.6 is 63.7 Å². The van der Waals surface area contributed by atoms with Gasteiger partial charge in [0, 0.05) is 0 Å². The Morgan fingerprint density at radius 3 is 0.875 bits per heavy atom. The smallest absolute Gasteiger partial charge is 0.0665 e. The summed E-state index contributed by atoms with van der Waals surface area (Å²) in [4.78, 5) is 0. The predicted octanol–water partition coefficient (Wildman–Crippen LogP) is 5.94. The number of hydrogen-bond acceptors (Lipinski definition) is 4. The Kier molecular flexibility index (Phi) is 1.29. The lowest BCUT2D eigenvalue weighted by molar-refractivity contribution is 5.21. The van der Waals surface area contributed by atoms with Crippen LogP contribution in [0, 0.1) is 0 Å². The minimum Gasteiger partial charge on any atom is -0.0665 e. The van der Waals surface area contributed by atoms with Crippen LogP contribution in [-0.2, 0) is 0 Å². The normalized spacial score (nSPS) is 22.0. The van der Waals surface area contributed by atoms with Gasteiger partial charge in [-0.15, -0.1) is 0 Å². The molecule has 0 saturated heterocycles. The second-order valence-electron chi connectivity index (χ2n) is 1.28. The van der Waals surface area contributed by atoms with E-state index in [1.807, 2.05) is 0 Å². The molecule has 8 heavy (non-hydrogen) atoms. The van der Waals surface area contributed by atoms with Crippen molar-refractivity contribution >= 4 is 63.7 Å². The second-order valence-corrected chi connectivity index (χ2v) is 34.5. The summed E-state index contributed by atoms with van der Waals surface area (Å²) in [6, 6.07) is 0. The van der Waals surface area contributed by atoms with Crippen molar-refractivity contribution in [3.05, 3.63) is 0 Å². The van der Waals surface area contributed by atoms with Crippen molar-refractivity contribution in [3.8, 4) is 0 Å². The molecule has 0 nitrogen and oxygen atoms in total. The van der Waals surface area contributed by atoms with E-state index >= 15 is 0 Å². The van der Waals surface area contributed by atoms with E-state index in [0.29, 0.717) is 21.5 Å². The topological polar surface area (TPSA) is 0 Å². The molecule has 0 amide bonds. The Bertz CT molecular complexity index is 294. The average Bonchev–Trinajstić information content (AvgIpc) is 2.21. The lowest BCUT2D eigenvalue weighted by Crippen LogP contribution is -0.855. The van der Waals surface area contributed by atoms with Crippen LogP contribution in [-0.4, -0.2) is 0 Å². The van der Waals surface area contributed by atoms with Gasteiger partial charge in [0.05, 0.1) is 21.5 Å². The first kappa shape index (κ1) is 5.70. The first-order chi connectivity index (χ1) is 3.93. The highest BCUT2D eigenvalue weighted by molar-refractivity contribution is 8.93. The van der Waals surface area contributed by atoms with Crippen LogP contribution in [0.15, 0.2) is 0 Å². The lowest BCUT2D eigenvalue weighted by Gasteiger charge is -1.61. The Morgan fingerprint density at radius 1 is 0.500 bits per heavy atom. The van der Waals surface area contributed by atoms with E-state index in [4.69, 9.17) is 0 Å². The molecule has 0 fully saturated rings. The fourth-order valence-electron chi connectivity index (χ4n) is 0.537. The molecule has 0 saturated carbocycles. The molecule has 0 aliphatic rings. The molecule has 0 aliphatic carbocycles. The lowest BCUT2D eigenvalue weighted by atomic mass is 29.6. The van der Waals surface area contributed by atoms with Crippen LogP contribution in [0.25, 0.3) is 0 Å². The Balaban J connectivity index is 3.19. The minimum absolute atomic E-state index is 0.526. The van der Waals surface area contributed by atoms with Gasteiger partial charge in [0.25, 0.3) is 0 Å². The molecule has 0 aliphatic heterocycles. The van der Waals surface area contributed by atoms with Crippen LogP contribution in [0.1, 0.15) is 0 Å². The summed E-state index contributed by atoms with van der Waals surface area (Å²) in [6.45, 7) is 0. The van der Waals surface area contributed by atoms with Crippen molar-refractivity contribution < 1.29 is 0 Å². The maximum atomic E-state index is 2.38. The van der Waals surface area contributed by atoms with Gasteiger partial charge in [0.1, 0.15) is 0 Å². The van der Waals surface area contributed by atoms with Gasteiger partial charge in [-0.3, -0.25) is 0 Å². The van der Waals surface area contributed by atoms with Crippen molar-refractivity contribution in [3.63, 3.8) is 0 Å². The molecule has 0 unspecified atom stereocenters. The predicted molar refractivity (Wildman–Crippen MR) is 54.4 cm³/mol. The third kappa shape index (κ3) is 0.595. The zero-order chi connectivity index (χ0) is 5.14. The van der Waals surface area contributed by atoms with Crippen molar-refractivity contribution in [1.29, 1.82) is 0 Å². The first-order valence-electron chi connectivity index (χ1n) is 1.86. The molecule has 4 bridgehead atoms. The van der Waals surface area contributed by atoms with Gasteiger partial charge in [0.2, 0.25) is 0 Å². The monoisotopic (exact) mass is 252 g/mol. The maximum Gasteiger partial charge on any atom is 0.0665 e. The molecule has 0 aromatic carbocycles. The summed E-state index contributed by atoms with van der Waals surface area (Å²) in [5, 5.41) is 2.10. The fraction of sp³-hybridized carbons (Fsp3) is 0. The SMILES string of the molecule is s1p2sp3sp2sp13. The zero-order valence-electron chi connectivity index (χ0n) is 3.42. The molecule has 0 atom stereocenters. The molecule has 8 heteroatoms. The van der Waals surface area contributed by atoms with Crippen molar-refractivity contribution in [1.82, 2.24) is 0 Å². The van der Waals surface area contributed by atoms with E-state index in [0.717, 1.165) is 0 Å². The first-order valence-corrected chi connectivity index (χ1v) is 16.7. The van der Waals surface area contributed by atoms with Crippen molar-refractivity contribution in [2.45, 2.75) is 0 Å². The summed E-state index contributed by atoms with van der Waals surface area (Å²) in [5.74, 6) is 0. The maximum absolute atomic E-state index is 2.38. The van der Waals surface area contributed by atoms with E-state index in [2.05, 4.69) is 42.2 Å². The quantitative estimate of drug-likeness (QED) is 0.464. The molecule has 0 N–H and O–H groups in total. The molecule has 0 spiro atoms. The molecular formula is P4S4. The van der Waals surface area contributed by atoms with Crippen LogP contribution < -0.4 is 0 Å². The highest BCUT2D eigenvalue weighted by Gasteiger charge is 2.11. The Morgan fingerprint density at radius 2 is 0.750 bits per heavy atom. The molecule has 4 rings (SSSR count). The summed E-state index contributed by atoms with van der Waals surface area (Å²) in [7, 11) is 9.53. The zero-order valence-corrected chi connectivity index (χ0v) is 10.3. The summed E-state index contributed by atoms with van der Waals surface area (Å²) >= 11 is 0. The average molecular weight is 252 g/mol. The standard InChI is InChI=1S/P4S4/c5-1-2-7-3(5)4(6-1)8-2. The Hall–Kier alpha value is 2.08. The minimum atomic E-state index is 0.526. The van der Waals surface area contributed by atoms with E-state index in [1.165, 1.54) is 0 Å².